The average Bonchev–Trinajstić information content (AvgIpc) is 2.30. The van der Waals surface area contributed by atoms with Gasteiger partial charge in [0.05, 0.1) is 11.2 Å². The van der Waals surface area contributed by atoms with Gasteiger partial charge in [-0.2, -0.15) is 0 Å². The monoisotopic (exact) mass is 320 g/mol. The average molecular weight is 320 g/mol. The molecule has 20 heavy (non-hydrogen) atoms. The van der Waals surface area contributed by atoms with Crippen molar-refractivity contribution >= 4 is 20.0 Å². The van der Waals surface area contributed by atoms with Crippen molar-refractivity contribution in [2.45, 2.75) is 25.2 Å². The zero-order valence-corrected chi connectivity index (χ0v) is 13.4. The van der Waals surface area contributed by atoms with Gasteiger partial charge in [0.15, 0.2) is 0 Å². The van der Waals surface area contributed by atoms with Gasteiger partial charge in [0.25, 0.3) is 0 Å². The number of hydrogen-bond donors (Lipinski definition) is 2. The van der Waals surface area contributed by atoms with Crippen LogP contribution in [-0.4, -0.2) is 36.2 Å². The Morgan fingerprint density at radius 3 is 2.20 bits per heavy atom. The molecule has 0 radical (unpaired) electrons. The lowest BCUT2D eigenvalue weighted by molar-refractivity contribution is 0.574. The van der Waals surface area contributed by atoms with Crippen LogP contribution in [0.2, 0.25) is 0 Å². The molecule has 0 spiro atoms. The van der Waals surface area contributed by atoms with Gasteiger partial charge < -0.3 is 0 Å². The number of benzene rings is 1. The third-order valence-corrected chi connectivity index (χ3v) is 4.97. The molecule has 1 rings (SSSR count). The summed E-state index contributed by atoms with van der Waals surface area (Å²) in [6.45, 7) is 3.94. The predicted octanol–water partition coefficient (Wildman–Crippen LogP) is 0.521. The van der Waals surface area contributed by atoms with E-state index in [1.807, 2.05) is 13.0 Å². The Labute approximate surface area is 120 Å². The third-order valence-electron chi connectivity index (χ3n) is 2.64. The molecule has 2 N–H and O–H groups in total. The second-order valence-electron chi connectivity index (χ2n) is 4.69. The highest BCUT2D eigenvalue weighted by Crippen LogP contribution is 2.16. The smallest absolute Gasteiger partial charge is 0.215 e. The Bertz CT molecular complexity index is 667. The summed E-state index contributed by atoms with van der Waals surface area (Å²) in [5, 5.41) is 0. The highest BCUT2D eigenvalue weighted by Gasteiger charge is 2.16. The van der Waals surface area contributed by atoms with Crippen LogP contribution >= 0.6 is 0 Å². The Balaban J connectivity index is 2.60. The van der Waals surface area contributed by atoms with Crippen LogP contribution in [-0.2, 0) is 20.0 Å². The van der Waals surface area contributed by atoms with Gasteiger partial charge in [0, 0.05) is 13.1 Å². The topological polar surface area (TPSA) is 92.3 Å². The Morgan fingerprint density at radius 2 is 1.60 bits per heavy atom. The van der Waals surface area contributed by atoms with E-state index < -0.39 is 20.0 Å². The summed E-state index contributed by atoms with van der Waals surface area (Å²) in [7, 11) is -6.79. The molecule has 0 unspecified atom stereocenters. The first-order valence-electron chi connectivity index (χ1n) is 6.13. The lowest BCUT2D eigenvalue weighted by Gasteiger charge is -2.10. The number of rotatable bonds is 7. The van der Waals surface area contributed by atoms with Crippen LogP contribution in [0.1, 0.15) is 17.5 Å². The lowest BCUT2D eigenvalue weighted by atomic mass is 10.2. The molecule has 0 aliphatic carbocycles. The maximum Gasteiger partial charge on any atom is 0.240 e. The van der Waals surface area contributed by atoms with Gasteiger partial charge in [-0.05, 0) is 37.5 Å². The fourth-order valence-corrected chi connectivity index (χ4v) is 3.54. The molecule has 0 aromatic heterocycles. The van der Waals surface area contributed by atoms with E-state index >= 15 is 0 Å². The van der Waals surface area contributed by atoms with Crippen molar-refractivity contribution in [2.75, 3.05) is 19.3 Å². The van der Waals surface area contributed by atoms with E-state index in [2.05, 4.69) is 9.44 Å². The summed E-state index contributed by atoms with van der Waals surface area (Å²) in [5.74, 6) is 0. The van der Waals surface area contributed by atoms with E-state index in [1.165, 1.54) is 0 Å². The minimum Gasteiger partial charge on any atom is -0.215 e. The van der Waals surface area contributed by atoms with Crippen LogP contribution in [0.3, 0.4) is 0 Å². The molecule has 0 amide bonds. The van der Waals surface area contributed by atoms with Crippen LogP contribution in [0.15, 0.2) is 23.1 Å². The molecule has 6 nitrogen and oxygen atoms in total. The summed E-state index contributed by atoms with van der Waals surface area (Å²) >= 11 is 0. The van der Waals surface area contributed by atoms with Gasteiger partial charge in [-0.1, -0.05) is 12.1 Å². The van der Waals surface area contributed by atoms with Crippen molar-refractivity contribution < 1.29 is 16.8 Å². The standard InChI is InChI=1S/C12H20N2O4S2/c1-10-5-6-11(2)12(9-10)20(17,18)14-8-4-7-13-19(3,15)16/h5-6,9,13-14H,4,7-8H2,1-3H3. The molecule has 0 heterocycles. The quantitative estimate of drug-likeness (QED) is 0.717. The van der Waals surface area contributed by atoms with Crippen LogP contribution in [0.25, 0.3) is 0 Å². The first-order valence-corrected chi connectivity index (χ1v) is 9.51. The van der Waals surface area contributed by atoms with Gasteiger partial charge in [-0.15, -0.1) is 0 Å². The molecule has 8 heteroatoms. The minimum absolute atomic E-state index is 0.179. The normalized spacial score (nSPS) is 12.6. The first kappa shape index (κ1) is 17.1. The van der Waals surface area contributed by atoms with E-state index in [0.29, 0.717) is 12.0 Å². The zero-order chi connectivity index (χ0) is 15.4. The largest absolute Gasteiger partial charge is 0.240 e. The summed E-state index contributed by atoms with van der Waals surface area (Å²) in [4.78, 5) is 0.258. The number of sulfonamides is 2. The van der Waals surface area contributed by atoms with Crippen LogP contribution in [0.5, 0.6) is 0 Å². The SMILES string of the molecule is Cc1ccc(C)c(S(=O)(=O)NCCCNS(C)(=O)=O)c1. The fourth-order valence-electron chi connectivity index (χ4n) is 1.63. The zero-order valence-electron chi connectivity index (χ0n) is 11.8. The van der Waals surface area contributed by atoms with Crippen molar-refractivity contribution in [3.8, 4) is 0 Å². The van der Waals surface area contributed by atoms with Crippen LogP contribution in [0.4, 0.5) is 0 Å². The minimum atomic E-state index is -3.56. The van der Waals surface area contributed by atoms with Crippen molar-refractivity contribution in [1.82, 2.24) is 9.44 Å². The summed E-state index contributed by atoms with van der Waals surface area (Å²) in [5.41, 5.74) is 1.55. The van der Waals surface area contributed by atoms with E-state index in [0.717, 1.165) is 11.8 Å². The Kier molecular flexibility index (Phi) is 5.69. The molecule has 0 saturated carbocycles. The Morgan fingerprint density at radius 1 is 1.00 bits per heavy atom. The molecule has 0 atom stereocenters. The predicted molar refractivity (Wildman–Crippen MR) is 78.6 cm³/mol. The molecule has 0 fully saturated rings. The summed E-state index contributed by atoms with van der Waals surface area (Å²) < 4.78 is 50.7. The number of aryl methyl sites for hydroxylation is 2. The number of hydrogen-bond acceptors (Lipinski definition) is 4. The second kappa shape index (κ2) is 6.66. The molecular weight excluding hydrogens is 300 g/mol. The summed E-state index contributed by atoms with van der Waals surface area (Å²) in [6, 6.07) is 5.23. The van der Waals surface area contributed by atoms with Gasteiger partial charge in [-0.25, -0.2) is 26.3 Å². The van der Waals surface area contributed by atoms with Crippen molar-refractivity contribution in [3.05, 3.63) is 29.3 Å². The molecular formula is C12H20N2O4S2. The van der Waals surface area contributed by atoms with Crippen LogP contribution in [0, 0.1) is 13.8 Å². The first-order chi connectivity index (χ1) is 9.12. The van der Waals surface area contributed by atoms with Crippen LogP contribution < -0.4 is 9.44 Å². The van der Waals surface area contributed by atoms with Crippen molar-refractivity contribution in [3.63, 3.8) is 0 Å². The molecule has 0 aliphatic rings. The van der Waals surface area contributed by atoms with Gasteiger partial charge >= 0.3 is 0 Å². The van der Waals surface area contributed by atoms with E-state index in [1.54, 1.807) is 19.1 Å². The maximum absolute atomic E-state index is 12.1. The van der Waals surface area contributed by atoms with E-state index in [4.69, 9.17) is 0 Å². The van der Waals surface area contributed by atoms with Crippen molar-refractivity contribution in [2.24, 2.45) is 0 Å². The fraction of sp³-hybridized carbons (Fsp3) is 0.500. The van der Waals surface area contributed by atoms with Gasteiger partial charge in [0.1, 0.15) is 0 Å². The van der Waals surface area contributed by atoms with Gasteiger partial charge in [0.2, 0.25) is 20.0 Å². The van der Waals surface area contributed by atoms with Gasteiger partial charge in [-0.3, -0.25) is 0 Å². The maximum atomic E-state index is 12.1. The highest BCUT2D eigenvalue weighted by molar-refractivity contribution is 7.89. The third kappa shape index (κ3) is 5.58. The van der Waals surface area contributed by atoms with E-state index in [9.17, 15) is 16.8 Å². The number of nitrogens with one attached hydrogen (secondary N) is 2. The second-order valence-corrected chi connectivity index (χ2v) is 8.26. The molecule has 1 aromatic rings. The van der Waals surface area contributed by atoms with E-state index in [-0.39, 0.29) is 18.0 Å². The molecule has 0 bridgehead atoms. The highest BCUT2D eigenvalue weighted by atomic mass is 32.2. The Hall–Kier alpha value is -0.960. The molecule has 1 aromatic carbocycles. The molecule has 0 saturated heterocycles. The molecule has 0 aliphatic heterocycles. The lowest BCUT2D eigenvalue weighted by Crippen LogP contribution is -2.29. The van der Waals surface area contributed by atoms with Crippen molar-refractivity contribution in [1.29, 1.82) is 0 Å². The summed E-state index contributed by atoms with van der Waals surface area (Å²) in [6.07, 6.45) is 1.45. The molecule has 114 valence electrons.